The van der Waals surface area contributed by atoms with Crippen LogP contribution >= 0.6 is 11.6 Å². The van der Waals surface area contributed by atoms with Gasteiger partial charge in [0.05, 0.1) is 10.5 Å². The Bertz CT molecular complexity index is 572. The van der Waals surface area contributed by atoms with Gasteiger partial charge in [0.1, 0.15) is 5.69 Å². The first-order valence-corrected chi connectivity index (χ1v) is 5.15. The maximum Gasteiger partial charge on any atom is 0.352 e. The van der Waals surface area contributed by atoms with Gasteiger partial charge < -0.3 is 9.67 Å². The lowest BCUT2D eigenvalue weighted by atomic mass is 10.2. The minimum absolute atomic E-state index is 0.225. The van der Waals surface area contributed by atoms with E-state index in [1.807, 2.05) is 6.07 Å². The summed E-state index contributed by atoms with van der Waals surface area (Å²) in [6, 6.07) is 7.00. The van der Waals surface area contributed by atoms with Gasteiger partial charge in [0.2, 0.25) is 0 Å². The SMILES string of the molecule is C=CCn1c(C(=O)O)cc2cccc(Cl)c21. The van der Waals surface area contributed by atoms with Crippen molar-refractivity contribution in [2.45, 2.75) is 6.54 Å². The van der Waals surface area contributed by atoms with E-state index in [2.05, 4.69) is 6.58 Å². The Morgan fingerprint density at radius 3 is 2.94 bits per heavy atom. The molecule has 1 aromatic carbocycles. The van der Waals surface area contributed by atoms with Gasteiger partial charge in [0.25, 0.3) is 0 Å². The molecule has 0 saturated heterocycles. The van der Waals surface area contributed by atoms with E-state index >= 15 is 0 Å². The molecule has 82 valence electrons. The number of hydrogen-bond acceptors (Lipinski definition) is 1. The van der Waals surface area contributed by atoms with Crippen molar-refractivity contribution in [2.75, 3.05) is 0 Å². The molecule has 0 aliphatic heterocycles. The van der Waals surface area contributed by atoms with E-state index < -0.39 is 5.97 Å². The lowest BCUT2D eigenvalue weighted by molar-refractivity contribution is 0.0686. The van der Waals surface area contributed by atoms with Crippen LogP contribution in [0.25, 0.3) is 10.9 Å². The molecule has 1 N–H and O–H groups in total. The Hall–Kier alpha value is -1.74. The van der Waals surface area contributed by atoms with Gasteiger partial charge >= 0.3 is 5.97 Å². The van der Waals surface area contributed by atoms with E-state index in [1.54, 1.807) is 28.8 Å². The summed E-state index contributed by atoms with van der Waals surface area (Å²) in [6.45, 7) is 4.04. The van der Waals surface area contributed by atoms with Crippen LogP contribution in [0.4, 0.5) is 0 Å². The monoisotopic (exact) mass is 235 g/mol. The summed E-state index contributed by atoms with van der Waals surface area (Å²) in [6.07, 6.45) is 1.65. The number of para-hydroxylation sites is 1. The third-order valence-electron chi connectivity index (χ3n) is 2.40. The van der Waals surface area contributed by atoms with Crippen LogP contribution in [0, 0.1) is 0 Å². The highest BCUT2D eigenvalue weighted by molar-refractivity contribution is 6.35. The van der Waals surface area contributed by atoms with Crippen molar-refractivity contribution in [3.8, 4) is 0 Å². The van der Waals surface area contributed by atoms with Crippen molar-refractivity contribution < 1.29 is 9.90 Å². The van der Waals surface area contributed by atoms with Crippen molar-refractivity contribution in [1.29, 1.82) is 0 Å². The maximum atomic E-state index is 11.1. The number of nitrogens with zero attached hydrogens (tertiary/aromatic N) is 1. The average Bonchev–Trinajstić information content (AvgIpc) is 2.59. The van der Waals surface area contributed by atoms with Crippen molar-refractivity contribution in [3.63, 3.8) is 0 Å². The third-order valence-corrected chi connectivity index (χ3v) is 2.71. The highest BCUT2D eigenvalue weighted by Gasteiger charge is 2.15. The number of carboxylic acid groups (broad SMARTS) is 1. The van der Waals surface area contributed by atoms with Crippen molar-refractivity contribution >= 4 is 28.5 Å². The number of aromatic nitrogens is 1. The quantitative estimate of drug-likeness (QED) is 0.831. The molecule has 0 fully saturated rings. The first kappa shape index (κ1) is 10.8. The molecule has 2 rings (SSSR count). The van der Waals surface area contributed by atoms with Crippen molar-refractivity contribution in [3.05, 3.63) is 47.6 Å². The summed E-state index contributed by atoms with van der Waals surface area (Å²) in [5.41, 5.74) is 0.962. The molecule has 1 heterocycles. The van der Waals surface area contributed by atoms with Crippen LogP contribution in [0.2, 0.25) is 5.02 Å². The highest BCUT2D eigenvalue weighted by Crippen LogP contribution is 2.27. The topological polar surface area (TPSA) is 42.2 Å². The fourth-order valence-electron chi connectivity index (χ4n) is 1.77. The second-order valence-electron chi connectivity index (χ2n) is 3.41. The highest BCUT2D eigenvalue weighted by atomic mass is 35.5. The van der Waals surface area contributed by atoms with Crippen molar-refractivity contribution in [2.24, 2.45) is 0 Å². The molecule has 0 unspecified atom stereocenters. The van der Waals surface area contributed by atoms with Crippen molar-refractivity contribution in [1.82, 2.24) is 4.57 Å². The third kappa shape index (κ3) is 1.59. The van der Waals surface area contributed by atoms with E-state index in [1.165, 1.54) is 0 Å². The van der Waals surface area contributed by atoms with Gasteiger partial charge in [0.15, 0.2) is 0 Å². The molecule has 0 spiro atoms. The molecule has 4 heteroatoms. The summed E-state index contributed by atoms with van der Waals surface area (Å²) >= 11 is 6.07. The van der Waals surface area contributed by atoms with Gasteiger partial charge in [-0.05, 0) is 12.1 Å². The zero-order valence-corrected chi connectivity index (χ0v) is 9.24. The lowest BCUT2D eigenvalue weighted by Crippen LogP contribution is -2.07. The molecule has 0 radical (unpaired) electrons. The number of halogens is 1. The van der Waals surface area contributed by atoms with E-state index in [-0.39, 0.29) is 5.69 Å². The number of benzene rings is 1. The Balaban J connectivity index is 2.82. The standard InChI is InChI=1S/C12H10ClNO2/c1-2-6-14-10(12(15)16)7-8-4-3-5-9(13)11(8)14/h2-5,7H,1,6H2,(H,15,16). The molecular formula is C12H10ClNO2. The molecular weight excluding hydrogens is 226 g/mol. The van der Waals surface area contributed by atoms with E-state index in [9.17, 15) is 4.79 Å². The molecule has 0 bridgehead atoms. The predicted molar refractivity (Wildman–Crippen MR) is 64.1 cm³/mol. The van der Waals surface area contributed by atoms with Crippen LogP contribution in [-0.4, -0.2) is 15.6 Å². The fourth-order valence-corrected chi connectivity index (χ4v) is 2.06. The van der Waals surface area contributed by atoms with Gasteiger partial charge in [-0.1, -0.05) is 29.8 Å². The zero-order chi connectivity index (χ0) is 11.7. The van der Waals surface area contributed by atoms with E-state index in [0.717, 1.165) is 10.9 Å². The van der Waals surface area contributed by atoms with Gasteiger partial charge in [0, 0.05) is 11.9 Å². The molecule has 1 aromatic heterocycles. The first-order valence-electron chi connectivity index (χ1n) is 4.77. The smallest absolute Gasteiger partial charge is 0.352 e. The molecule has 0 aliphatic rings. The van der Waals surface area contributed by atoms with Crippen LogP contribution in [0.1, 0.15) is 10.5 Å². The van der Waals surface area contributed by atoms with Crippen LogP contribution in [0.3, 0.4) is 0 Å². The van der Waals surface area contributed by atoms with Crippen LogP contribution in [0.5, 0.6) is 0 Å². The Morgan fingerprint density at radius 2 is 2.31 bits per heavy atom. The van der Waals surface area contributed by atoms with Gasteiger partial charge in [-0.15, -0.1) is 6.58 Å². The number of carboxylic acids is 1. The largest absolute Gasteiger partial charge is 0.477 e. The van der Waals surface area contributed by atoms with Crippen LogP contribution in [-0.2, 0) is 6.54 Å². The second kappa shape index (κ2) is 4.02. The number of rotatable bonds is 3. The zero-order valence-electron chi connectivity index (χ0n) is 8.48. The normalized spacial score (nSPS) is 10.6. The van der Waals surface area contributed by atoms with Gasteiger partial charge in [-0.25, -0.2) is 4.79 Å². The lowest BCUT2D eigenvalue weighted by Gasteiger charge is -2.05. The Labute approximate surface area is 97.6 Å². The molecule has 3 nitrogen and oxygen atoms in total. The number of fused-ring (bicyclic) bond motifs is 1. The van der Waals surface area contributed by atoms with E-state index in [4.69, 9.17) is 16.7 Å². The summed E-state index contributed by atoms with van der Waals surface area (Å²) in [7, 11) is 0. The molecule has 2 aromatic rings. The summed E-state index contributed by atoms with van der Waals surface area (Å²) in [5, 5.41) is 10.5. The summed E-state index contributed by atoms with van der Waals surface area (Å²) in [5.74, 6) is -0.964. The fraction of sp³-hybridized carbons (Fsp3) is 0.0833. The number of carbonyl (C=O) groups is 1. The van der Waals surface area contributed by atoms with Gasteiger partial charge in [-0.3, -0.25) is 0 Å². The van der Waals surface area contributed by atoms with Crippen LogP contribution < -0.4 is 0 Å². The molecule has 0 atom stereocenters. The minimum Gasteiger partial charge on any atom is -0.477 e. The summed E-state index contributed by atoms with van der Waals surface area (Å²) < 4.78 is 1.65. The maximum absolute atomic E-state index is 11.1. The van der Waals surface area contributed by atoms with Gasteiger partial charge in [-0.2, -0.15) is 0 Å². The Kier molecular flexibility index (Phi) is 2.71. The average molecular weight is 236 g/mol. The number of allylic oxidation sites excluding steroid dienone is 1. The second-order valence-corrected chi connectivity index (χ2v) is 3.82. The van der Waals surface area contributed by atoms with Crippen LogP contribution in [0.15, 0.2) is 36.9 Å². The first-order chi connectivity index (χ1) is 7.65. The molecule has 0 saturated carbocycles. The molecule has 0 aliphatic carbocycles. The number of aromatic carboxylic acids is 1. The van der Waals surface area contributed by atoms with E-state index in [0.29, 0.717) is 11.6 Å². The summed E-state index contributed by atoms with van der Waals surface area (Å²) in [4.78, 5) is 11.1. The minimum atomic E-state index is -0.964. The molecule has 0 amide bonds. The predicted octanol–water partition coefficient (Wildman–Crippen LogP) is 3.18. The number of hydrogen-bond donors (Lipinski definition) is 1. The molecule has 16 heavy (non-hydrogen) atoms. The Morgan fingerprint density at radius 1 is 1.56 bits per heavy atom.